The van der Waals surface area contributed by atoms with Crippen LogP contribution in [0, 0.1) is 0 Å². The quantitative estimate of drug-likeness (QED) is 0.730. The van der Waals surface area contributed by atoms with Gasteiger partial charge >= 0.3 is 0 Å². The van der Waals surface area contributed by atoms with Crippen molar-refractivity contribution in [2.45, 2.75) is 39.2 Å². The second-order valence-electron chi connectivity index (χ2n) is 3.52. The van der Waals surface area contributed by atoms with Crippen molar-refractivity contribution in [1.29, 1.82) is 0 Å². The summed E-state index contributed by atoms with van der Waals surface area (Å²) in [5.41, 5.74) is 2.59. The molecule has 0 unspecified atom stereocenters. The van der Waals surface area contributed by atoms with E-state index in [4.69, 9.17) is 10.7 Å². The second-order valence-corrected chi connectivity index (χ2v) is 3.52. The fraction of sp³-hybridized carbons (Fsp3) is 0.500. The molecule has 0 spiro atoms. The molecule has 0 amide bonds. The van der Waals surface area contributed by atoms with Crippen LogP contribution in [0.1, 0.15) is 43.7 Å². The predicted molar refractivity (Wildman–Crippen MR) is 58.7 cm³/mol. The maximum absolute atomic E-state index is 5.11. The van der Waals surface area contributed by atoms with Gasteiger partial charge in [-0.3, -0.25) is 4.84 Å². The first-order valence-electron chi connectivity index (χ1n) is 5.22. The molecule has 0 aliphatic rings. The molecule has 2 nitrogen and oxygen atoms in total. The molecule has 0 atom stereocenters. The SMILES string of the molecule is CCC(CC)c1ccccc1CON. The van der Waals surface area contributed by atoms with E-state index < -0.39 is 0 Å². The molecule has 14 heavy (non-hydrogen) atoms. The molecule has 0 aromatic heterocycles. The Labute approximate surface area is 86.0 Å². The van der Waals surface area contributed by atoms with Gasteiger partial charge in [-0.05, 0) is 29.9 Å². The van der Waals surface area contributed by atoms with Gasteiger partial charge in [0.25, 0.3) is 0 Å². The van der Waals surface area contributed by atoms with Crippen molar-refractivity contribution in [2.75, 3.05) is 0 Å². The minimum Gasteiger partial charge on any atom is -0.300 e. The van der Waals surface area contributed by atoms with E-state index in [9.17, 15) is 0 Å². The van der Waals surface area contributed by atoms with Crippen LogP contribution in [0.4, 0.5) is 0 Å². The van der Waals surface area contributed by atoms with Crippen molar-refractivity contribution < 1.29 is 4.84 Å². The van der Waals surface area contributed by atoms with Gasteiger partial charge < -0.3 is 0 Å². The van der Waals surface area contributed by atoms with Crippen LogP contribution >= 0.6 is 0 Å². The lowest BCUT2D eigenvalue weighted by atomic mass is 9.90. The molecule has 0 aliphatic carbocycles. The first kappa shape index (κ1) is 11.2. The molecule has 0 radical (unpaired) electrons. The zero-order valence-electron chi connectivity index (χ0n) is 8.99. The topological polar surface area (TPSA) is 35.2 Å². The highest BCUT2D eigenvalue weighted by Crippen LogP contribution is 2.26. The summed E-state index contributed by atoms with van der Waals surface area (Å²) in [6.07, 6.45) is 2.33. The van der Waals surface area contributed by atoms with Crippen molar-refractivity contribution in [2.24, 2.45) is 5.90 Å². The highest BCUT2D eigenvalue weighted by Gasteiger charge is 2.10. The van der Waals surface area contributed by atoms with Crippen LogP contribution in [-0.4, -0.2) is 0 Å². The molecule has 1 aromatic carbocycles. The van der Waals surface area contributed by atoms with Crippen LogP contribution in [0.15, 0.2) is 24.3 Å². The molecule has 0 saturated carbocycles. The van der Waals surface area contributed by atoms with E-state index in [1.807, 2.05) is 6.07 Å². The van der Waals surface area contributed by atoms with Gasteiger partial charge in [0.15, 0.2) is 0 Å². The molecular formula is C12H19NO. The molecule has 78 valence electrons. The van der Waals surface area contributed by atoms with Crippen molar-refractivity contribution in [3.05, 3.63) is 35.4 Å². The van der Waals surface area contributed by atoms with E-state index in [1.165, 1.54) is 11.1 Å². The zero-order chi connectivity index (χ0) is 10.4. The molecule has 0 bridgehead atoms. The number of nitrogens with two attached hydrogens (primary N) is 1. The van der Waals surface area contributed by atoms with Gasteiger partial charge in [0.05, 0.1) is 6.61 Å². The third-order valence-electron chi connectivity index (χ3n) is 2.72. The van der Waals surface area contributed by atoms with E-state index in [0.717, 1.165) is 12.8 Å². The maximum atomic E-state index is 5.11. The van der Waals surface area contributed by atoms with E-state index in [1.54, 1.807) is 0 Å². The van der Waals surface area contributed by atoms with Crippen LogP contribution in [0.25, 0.3) is 0 Å². The van der Waals surface area contributed by atoms with Gasteiger partial charge in [-0.25, -0.2) is 5.90 Å². The predicted octanol–water partition coefficient (Wildman–Crippen LogP) is 2.98. The molecule has 0 heterocycles. The normalized spacial score (nSPS) is 10.9. The second kappa shape index (κ2) is 5.78. The Balaban J connectivity index is 2.92. The van der Waals surface area contributed by atoms with Crippen LogP contribution in [-0.2, 0) is 11.4 Å². The van der Waals surface area contributed by atoms with E-state index in [-0.39, 0.29) is 0 Å². The molecule has 0 saturated heterocycles. The molecule has 1 aromatic rings. The molecule has 2 heteroatoms. The fourth-order valence-electron chi connectivity index (χ4n) is 1.88. The van der Waals surface area contributed by atoms with Gasteiger partial charge in [-0.1, -0.05) is 38.1 Å². The highest BCUT2D eigenvalue weighted by molar-refractivity contribution is 5.29. The first-order chi connectivity index (χ1) is 6.83. The fourth-order valence-corrected chi connectivity index (χ4v) is 1.88. The Morgan fingerprint density at radius 1 is 1.21 bits per heavy atom. The summed E-state index contributed by atoms with van der Waals surface area (Å²) in [5.74, 6) is 5.74. The van der Waals surface area contributed by atoms with Crippen molar-refractivity contribution >= 4 is 0 Å². The number of benzene rings is 1. The summed E-state index contributed by atoms with van der Waals surface area (Å²) in [6.45, 7) is 4.94. The third kappa shape index (κ3) is 2.56. The number of hydrogen-bond donors (Lipinski definition) is 1. The van der Waals surface area contributed by atoms with Crippen molar-refractivity contribution in [1.82, 2.24) is 0 Å². The van der Waals surface area contributed by atoms with Gasteiger partial charge in [0.2, 0.25) is 0 Å². The van der Waals surface area contributed by atoms with Crippen molar-refractivity contribution in [3.8, 4) is 0 Å². The Morgan fingerprint density at radius 2 is 1.86 bits per heavy atom. The first-order valence-corrected chi connectivity index (χ1v) is 5.22. The van der Waals surface area contributed by atoms with E-state index >= 15 is 0 Å². The van der Waals surface area contributed by atoms with Crippen LogP contribution in [0.2, 0.25) is 0 Å². The largest absolute Gasteiger partial charge is 0.300 e. The summed E-state index contributed by atoms with van der Waals surface area (Å²) in [7, 11) is 0. The summed E-state index contributed by atoms with van der Waals surface area (Å²) >= 11 is 0. The third-order valence-corrected chi connectivity index (χ3v) is 2.72. The smallest absolute Gasteiger partial charge is 0.0932 e. The summed E-state index contributed by atoms with van der Waals surface area (Å²) in [5, 5.41) is 0. The molecule has 1 rings (SSSR count). The number of rotatable bonds is 5. The lowest BCUT2D eigenvalue weighted by Gasteiger charge is -2.16. The summed E-state index contributed by atoms with van der Waals surface area (Å²) in [6, 6.07) is 8.36. The Kier molecular flexibility index (Phi) is 4.63. The standard InChI is InChI=1S/C12H19NO/c1-3-10(4-2)12-8-6-5-7-11(12)9-14-13/h5-8,10H,3-4,9,13H2,1-2H3. The summed E-state index contributed by atoms with van der Waals surface area (Å²) < 4.78 is 0. The van der Waals surface area contributed by atoms with Gasteiger partial charge in [-0.2, -0.15) is 0 Å². The molecule has 0 fully saturated rings. The van der Waals surface area contributed by atoms with Gasteiger partial charge in [-0.15, -0.1) is 0 Å². The minimum atomic E-state index is 0.507. The zero-order valence-corrected chi connectivity index (χ0v) is 8.99. The summed E-state index contributed by atoms with van der Waals surface area (Å²) in [4.78, 5) is 4.71. The monoisotopic (exact) mass is 193 g/mol. The lowest BCUT2D eigenvalue weighted by Crippen LogP contribution is -2.05. The molecule has 0 aliphatic heterocycles. The average Bonchev–Trinajstić information content (AvgIpc) is 2.23. The van der Waals surface area contributed by atoms with Crippen LogP contribution < -0.4 is 5.90 Å². The number of hydrogen-bond acceptors (Lipinski definition) is 2. The van der Waals surface area contributed by atoms with Crippen LogP contribution in [0.3, 0.4) is 0 Å². The van der Waals surface area contributed by atoms with Gasteiger partial charge in [0.1, 0.15) is 0 Å². The molecular weight excluding hydrogens is 174 g/mol. The highest BCUT2D eigenvalue weighted by atomic mass is 16.6. The minimum absolute atomic E-state index is 0.507. The Bertz CT molecular complexity index is 269. The van der Waals surface area contributed by atoms with Crippen LogP contribution in [0.5, 0.6) is 0 Å². The Morgan fingerprint density at radius 3 is 2.43 bits per heavy atom. The average molecular weight is 193 g/mol. The van der Waals surface area contributed by atoms with E-state index in [0.29, 0.717) is 12.5 Å². The van der Waals surface area contributed by atoms with Crippen molar-refractivity contribution in [3.63, 3.8) is 0 Å². The van der Waals surface area contributed by atoms with Gasteiger partial charge in [0, 0.05) is 0 Å². The maximum Gasteiger partial charge on any atom is 0.0932 e. The van der Waals surface area contributed by atoms with E-state index in [2.05, 4.69) is 32.0 Å². The lowest BCUT2D eigenvalue weighted by molar-refractivity contribution is 0.123. The molecule has 2 N–H and O–H groups in total. The Hall–Kier alpha value is -0.860.